The van der Waals surface area contributed by atoms with E-state index in [1.165, 1.54) is 0 Å². The van der Waals surface area contributed by atoms with E-state index in [4.69, 9.17) is 11.6 Å². The molecule has 1 saturated heterocycles. The summed E-state index contributed by atoms with van der Waals surface area (Å²) < 4.78 is 25.2. The van der Waals surface area contributed by atoms with Gasteiger partial charge in [-0.15, -0.1) is 0 Å². The zero-order chi connectivity index (χ0) is 13.5. The summed E-state index contributed by atoms with van der Waals surface area (Å²) in [5, 5.41) is 0.657. The van der Waals surface area contributed by atoms with E-state index in [0.717, 1.165) is 30.6 Å². The zero-order valence-electron chi connectivity index (χ0n) is 10.4. The summed E-state index contributed by atoms with van der Waals surface area (Å²) in [7, 11) is -2.84. The van der Waals surface area contributed by atoms with Crippen LogP contribution in [0.2, 0.25) is 5.02 Å². The van der Waals surface area contributed by atoms with E-state index in [1.54, 1.807) is 0 Å². The summed E-state index contributed by atoms with van der Waals surface area (Å²) in [5.74, 6) is 0.824. The lowest BCUT2D eigenvalue weighted by atomic mass is 10.00. The molecule has 3 rings (SSSR count). The first-order valence-corrected chi connectivity index (χ1v) is 8.55. The molecule has 1 unspecified atom stereocenters. The van der Waals surface area contributed by atoms with Crippen LogP contribution in [0.3, 0.4) is 0 Å². The molecule has 0 saturated carbocycles. The normalized spacial score (nSPS) is 22.7. The first-order valence-electron chi connectivity index (χ1n) is 6.35. The van der Waals surface area contributed by atoms with Crippen LogP contribution in [0.5, 0.6) is 0 Å². The van der Waals surface area contributed by atoms with Gasteiger partial charge in [0.05, 0.1) is 17.2 Å². The predicted octanol–water partition coefficient (Wildman–Crippen LogP) is 2.36. The van der Waals surface area contributed by atoms with Gasteiger partial charge in [-0.05, 0) is 37.3 Å². The molecule has 3 heterocycles. The second-order valence-electron chi connectivity index (χ2n) is 5.17. The van der Waals surface area contributed by atoms with Crippen molar-refractivity contribution in [3.05, 3.63) is 35.2 Å². The maximum absolute atomic E-state index is 11.6. The second kappa shape index (κ2) is 4.80. The Hall–Kier alpha value is -1.07. The monoisotopic (exact) mass is 298 g/mol. The molecule has 2 aromatic heterocycles. The van der Waals surface area contributed by atoms with Crippen molar-refractivity contribution >= 4 is 27.1 Å². The van der Waals surface area contributed by atoms with E-state index in [0.29, 0.717) is 16.5 Å². The number of pyridine rings is 1. The Balaban J connectivity index is 1.81. The fourth-order valence-electron chi connectivity index (χ4n) is 2.68. The van der Waals surface area contributed by atoms with Gasteiger partial charge in [0.25, 0.3) is 0 Å². The Morgan fingerprint density at radius 2 is 2.32 bits per heavy atom. The number of fused-ring (bicyclic) bond motifs is 1. The van der Waals surface area contributed by atoms with Gasteiger partial charge in [-0.25, -0.2) is 13.4 Å². The topological polar surface area (TPSA) is 51.4 Å². The van der Waals surface area contributed by atoms with Gasteiger partial charge in [-0.3, -0.25) is 0 Å². The second-order valence-corrected chi connectivity index (χ2v) is 7.83. The summed E-state index contributed by atoms with van der Waals surface area (Å²) in [6.07, 6.45) is 6.28. The van der Waals surface area contributed by atoms with Crippen molar-refractivity contribution in [3.63, 3.8) is 0 Å². The third-order valence-corrected chi connectivity index (χ3v) is 5.65. The largest absolute Gasteiger partial charge is 0.307 e. The highest BCUT2D eigenvalue weighted by molar-refractivity contribution is 7.91. The highest BCUT2D eigenvalue weighted by Gasteiger charge is 2.25. The number of imidazole rings is 1. The van der Waals surface area contributed by atoms with Crippen molar-refractivity contribution in [2.24, 2.45) is 5.92 Å². The molecule has 1 aliphatic heterocycles. The van der Waals surface area contributed by atoms with Crippen LogP contribution in [0.15, 0.2) is 24.5 Å². The van der Waals surface area contributed by atoms with E-state index in [2.05, 4.69) is 4.98 Å². The average molecular weight is 299 g/mol. The number of sulfone groups is 1. The number of hydrogen-bond acceptors (Lipinski definition) is 3. The van der Waals surface area contributed by atoms with Gasteiger partial charge >= 0.3 is 0 Å². The molecule has 0 bridgehead atoms. The molecule has 1 fully saturated rings. The minimum atomic E-state index is -2.84. The van der Waals surface area contributed by atoms with E-state index >= 15 is 0 Å². The van der Waals surface area contributed by atoms with Crippen LogP contribution in [0.4, 0.5) is 0 Å². The lowest BCUT2D eigenvalue weighted by Gasteiger charge is -2.20. The molecule has 19 heavy (non-hydrogen) atoms. The van der Waals surface area contributed by atoms with Gasteiger partial charge in [-0.1, -0.05) is 11.6 Å². The van der Waals surface area contributed by atoms with Gasteiger partial charge < -0.3 is 4.40 Å². The molecular formula is C13H15ClN2O2S. The van der Waals surface area contributed by atoms with E-state index in [-0.39, 0.29) is 5.92 Å². The first-order chi connectivity index (χ1) is 9.02. The van der Waals surface area contributed by atoms with Crippen LogP contribution in [0.1, 0.15) is 18.5 Å². The number of hydrogen-bond donors (Lipinski definition) is 0. The van der Waals surface area contributed by atoms with Crippen molar-refractivity contribution in [2.75, 3.05) is 11.5 Å². The predicted molar refractivity (Wildman–Crippen MR) is 75.3 cm³/mol. The van der Waals surface area contributed by atoms with Crippen molar-refractivity contribution in [3.8, 4) is 0 Å². The average Bonchev–Trinajstić information content (AvgIpc) is 2.68. The van der Waals surface area contributed by atoms with Gasteiger partial charge in [0, 0.05) is 17.4 Å². The fraction of sp³-hybridized carbons (Fsp3) is 0.462. The summed E-state index contributed by atoms with van der Waals surface area (Å²) >= 11 is 5.92. The minimum absolute atomic E-state index is 0.194. The Bertz CT molecular complexity index is 709. The molecule has 0 N–H and O–H groups in total. The Kier molecular flexibility index (Phi) is 3.27. The first kappa shape index (κ1) is 12.9. The van der Waals surface area contributed by atoms with Gasteiger partial charge in [0.1, 0.15) is 5.65 Å². The van der Waals surface area contributed by atoms with E-state index in [1.807, 2.05) is 28.9 Å². The molecule has 0 radical (unpaired) electrons. The van der Waals surface area contributed by atoms with Crippen molar-refractivity contribution < 1.29 is 8.42 Å². The van der Waals surface area contributed by atoms with Crippen molar-refractivity contribution in [2.45, 2.75) is 19.3 Å². The summed E-state index contributed by atoms with van der Waals surface area (Å²) in [6.45, 7) is 0. The maximum Gasteiger partial charge on any atom is 0.150 e. The molecule has 2 aromatic rings. The SMILES string of the molecule is O=S1(=O)CCCC(Cc2cn3ccc(Cl)cc3n2)C1. The summed E-state index contributed by atoms with van der Waals surface area (Å²) in [6, 6.07) is 3.62. The molecule has 4 nitrogen and oxygen atoms in total. The Morgan fingerprint density at radius 3 is 3.11 bits per heavy atom. The van der Waals surface area contributed by atoms with Crippen molar-refractivity contribution in [1.82, 2.24) is 9.38 Å². The van der Waals surface area contributed by atoms with Gasteiger partial charge in [0.2, 0.25) is 0 Å². The van der Waals surface area contributed by atoms with Crippen molar-refractivity contribution in [1.29, 1.82) is 0 Å². The molecule has 102 valence electrons. The minimum Gasteiger partial charge on any atom is -0.307 e. The van der Waals surface area contributed by atoms with Crippen LogP contribution >= 0.6 is 11.6 Å². The third-order valence-electron chi connectivity index (χ3n) is 3.53. The molecule has 1 atom stereocenters. The van der Waals surface area contributed by atoms with Gasteiger partial charge in [-0.2, -0.15) is 0 Å². The smallest absolute Gasteiger partial charge is 0.150 e. The third kappa shape index (κ3) is 2.92. The zero-order valence-corrected chi connectivity index (χ0v) is 12.0. The standard InChI is InChI=1S/C13H15ClN2O2S/c14-11-3-4-16-8-12(15-13(16)7-11)6-10-2-1-5-19(17,18)9-10/h3-4,7-8,10H,1-2,5-6,9H2. The molecule has 0 spiro atoms. The van der Waals surface area contributed by atoms with E-state index < -0.39 is 9.84 Å². The van der Waals surface area contributed by atoms with Crippen LogP contribution in [-0.4, -0.2) is 29.3 Å². The van der Waals surface area contributed by atoms with Gasteiger partial charge in [0.15, 0.2) is 9.84 Å². The number of aromatic nitrogens is 2. The number of nitrogens with zero attached hydrogens (tertiary/aromatic N) is 2. The lowest BCUT2D eigenvalue weighted by Crippen LogP contribution is -2.26. The van der Waals surface area contributed by atoms with Crippen LogP contribution in [0, 0.1) is 5.92 Å². The molecule has 1 aliphatic rings. The molecule has 0 aliphatic carbocycles. The number of halogens is 1. The summed E-state index contributed by atoms with van der Waals surface area (Å²) in [5.41, 5.74) is 1.74. The van der Waals surface area contributed by atoms with Crippen LogP contribution in [-0.2, 0) is 16.3 Å². The maximum atomic E-state index is 11.6. The fourth-order valence-corrected chi connectivity index (χ4v) is 4.61. The molecule has 6 heteroatoms. The quantitative estimate of drug-likeness (QED) is 0.855. The molecular weight excluding hydrogens is 284 g/mol. The molecule has 0 amide bonds. The Labute approximate surface area is 117 Å². The van der Waals surface area contributed by atoms with E-state index in [9.17, 15) is 8.42 Å². The number of rotatable bonds is 2. The highest BCUT2D eigenvalue weighted by Crippen LogP contribution is 2.22. The molecule has 0 aromatic carbocycles. The van der Waals surface area contributed by atoms with Crippen LogP contribution in [0.25, 0.3) is 5.65 Å². The summed E-state index contributed by atoms with van der Waals surface area (Å²) in [4.78, 5) is 4.50. The Morgan fingerprint density at radius 1 is 1.47 bits per heavy atom. The van der Waals surface area contributed by atoms with Crippen LogP contribution < -0.4 is 0 Å². The highest BCUT2D eigenvalue weighted by atomic mass is 35.5. The lowest BCUT2D eigenvalue weighted by molar-refractivity contribution is 0.480.